The molecule has 0 N–H and O–H groups in total. The molecule has 3 aromatic rings. The third kappa shape index (κ3) is 2.54. The van der Waals surface area contributed by atoms with Gasteiger partial charge in [0, 0.05) is 42.2 Å². The molecule has 0 saturated carbocycles. The molecule has 2 heterocycles. The number of fused-ring (bicyclic) bond motifs is 3. The van der Waals surface area contributed by atoms with E-state index in [4.69, 9.17) is 0 Å². The highest BCUT2D eigenvalue weighted by Crippen LogP contribution is 2.30. The highest BCUT2D eigenvalue weighted by molar-refractivity contribution is 5.87. The lowest BCUT2D eigenvalue weighted by Crippen LogP contribution is -2.27. The molecule has 0 unspecified atom stereocenters. The van der Waals surface area contributed by atoms with E-state index in [1.807, 2.05) is 18.2 Å². The monoisotopic (exact) mass is 300 g/mol. The van der Waals surface area contributed by atoms with E-state index >= 15 is 0 Å². The Morgan fingerprint density at radius 1 is 1.04 bits per heavy atom. The second-order valence-corrected chi connectivity index (χ2v) is 6.37. The lowest BCUT2D eigenvalue weighted by Gasteiger charge is -2.23. The minimum Gasteiger partial charge on any atom is -0.302 e. The Morgan fingerprint density at radius 3 is 2.70 bits per heavy atom. The minimum absolute atomic E-state index is 1.01. The molecule has 1 aliphatic heterocycles. The first kappa shape index (κ1) is 14.1. The van der Waals surface area contributed by atoms with Gasteiger partial charge >= 0.3 is 0 Å². The zero-order valence-electron chi connectivity index (χ0n) is 13.6. The number of aromatic nitrogens is 1. The van der Waals surface area contributed by atoms with E-state index in [0.717, 1.165) is 25.1 Å². The standard InChI is InChI=1S/C21H20N2/c1-16-8-9-20-18(14-16)19-15-22(2)12-11-21(19)23(20)13-10-17-6-4-3-5-7-17/h3-9,14H,11-12,15H2,1-2H3. The maximum absolute atomic E-state index is 3.39. The van der Waals surface area contributed by atoms with Crippen LogP contribution < -0.4 is 0 Å². The van der Waals surface area contributed by atoms with Crippen molar-refractivity contribution in [2.75, 3.05) is 13.6 Å². The largest absolute Gasteiger partial charge is 0.302 e. The minimum atomic E-state index is 1.01. The summed E-state index contributed by atoms with van der Waals surface area (Å²) in [6.07, 6.45) is 1.06. The molecule has 0 radical (unpaired) electrons. The van der Waals surface area contributed by atoms with Crippen LogP contribution in [0, 0.1) is 18.9 Å². The molecule has 0 bridgehead atoms. The zero-order valence-corrected chi connectivity index (χ0v) is 13.6. The van der Waals surface area contributed by atoms with Crippen LogP contribution in [0.25, 0.3) is 10.9 Å². The molecule has 2 aromatic carbocycles. The molecule has 2 nitrogen and oxygen atoms in total. The smallest absolute Gasteiger partial charge is 0.0618 e. The predicted octanol–water partition coefficient (Wildman–Crippen LogP) is 3.79. The van der Waals surface area contributed by atoms with Crippen molar-refractivity contribution in [3.63, 3.8) is 0 Å². The van der Waals surface area contributed by atoms with E-state index in [2.05, 4.69) is 65.7 Å². The van der Waals surface area contributed by atoms with Gasteiger partial charge in [-0.2, -0.15) is 0 Å². The summed E-state index contributed by atoms with van der Waals surface area (Å²) in [5.74, 6) is 3.31. The summed E-state index contributed by atoms with van der Waals surface area (Å²) in [6.45, 7) is 4.26. The van der Waals surface area contributed by atoms with Gasteiger partial charge in [-0.15, -0.1) is 0 Å². The van der Waals surface area contributed by atoms with Gasteiger partial charge in [0.15, 0.2) is 0 Å². The zero-order chi connectivity index (χ0) is 15.8. The van der Waals surface area contributed by atoms with Crippen molar-refractivity contribution < 1.29 is 0 Å². The second-order valence-electron chi connectivity index (χ2n) is 6.37. The normalized spacial score (nSPS) is 14.3. The van der Waals surface area contributed by atoms with Gasteiger partial charge in [0.2, 0.25) is 0 Å². The predicted molar refractivity (Wildman–Crippen MR) is 95.4 cm³/mol. The third-order valence-electron chi connectivity index (χ3n) is 4.58. The molecule has 4 rings (SSSR count). The number of hydrogen-bond acceptors (Lipinski definition) is 1. The van der Waals surface area contributed by atoms with E-state index in [-0.39, 0.29) is 0 Å². The summed E-state index contributed by atoms with van der Waals surface area (Å²) in [5, 5.41) is 1.36. The molecule has 114 valence electrons. The van der Waals surface area contributed by atoms with Crippen LogP contribution in [0.15, 0.2) is 48.5 Å². The maximum atomic E-state index is 3.39. The van der Waals surface area contributed by atoms with Crippen LogP contribution in [0.1, 0.15) is 22.4 Å². The summed E-state index contributed by atoms with van der Waals surface area (Å²) < 4.78 is 2.21. The van der Waals surface area contributed by atoms with Gasteiger partial charge in [0.05, 0.1) is 5.52 Å². The Hall–Kier alpha value is -2.50. The SMILES string of the molecule is Cc1ccc2c(c1)c1c(n2C#Cc2ccccc2)CCN(C)C1. The first-order valence-electron chi connectivity index (χ1n) is 8.11. The Morgan fingerprint density at radius 2 is 1.87 bits per heavy atom. The van der Waals surface area contributed by atoms with E-state index in [1.54, 1.807) is 0 Å². The van der Waals surface area contributed by atoms with Crippen LogP contribution in [-0.4, -0.2) is 23.1 Å². The van der Waals surface area contributed by atoms with Crippen LogP contribution >= 0.6 is 0 Å². The Balaban J connectivity index is 1.91. The Kier molecular flexibility index (Phi) is 3.44. The van der Waals surface area contributed by atoms with Crippen molar-refractivity contribution in [3.05, 3.63) is 70.9 Å². The number of rotatable bonds is 0. The molecule has 0 amide bonds. The third-order valence-corrected chi connectivity index (χ3v) is 4.58. The molecule has 0 atom stereocenters. The van der Waals surface area contributed by atoms with Crippen LogP contribution in [0.2, 0.25) is 0 Å². The molecular formula is C21H20N2. The molecule has 1 aromatic heterocycles. The lowest BCUT2D eigenvalue weighted by molar-refractivity contribution is 0.311. The summed E-state index contributed by atoms with van der Waals surface area (Å²) in [7, 11) is 2.19. The average Bonchev–Trinajstić information content (AvgIpc) is 2.86. The molecule has 0 aliphatic carbocycles. The van der Waals surface area contributed by atoms with E-state index in [0.29, 0.717) is 0 Å². The highest BCUT2D eigenvalue weighted by atomic mass is 15.1. The van der Waals surface area contributed by atoms with Crippen LogP contribution in [0.4, 0.5) is 0 Å². The van der Waals surface area contributed by atoms with E-state index in [9.17, 15) is 0 Å². The topological polar surface area (TPSA) is 8.17 Å². The molecule has 0 saturated heterocycles. The van der Waals surface area contributed by atoms with Crippen molar-refractivity contribution >= 4 is 10.9 Å². The van der Waals surface area contributed by atoms with Crippen molar-refractivity contribution in [1.29, 1.82) is 0 Å². The van der Waals surface area contributed by atoms with Crippen LogP contribution in [0.5, 0.6) is 0 Å². The fraction of sp³-hybridized carbons (Fsp3) is 0.238. The summed E-state index contributed by atoms with van der Waals surface area (Å²) in [4.78, 5) is 2.39. The number of aryl methyl sites for hydroxylation is 1. The molecule has 1 aliphatic rings. The molecule has 0 fully saturated rings. The fourth-order valence-electron chi connectivity index (χ4n) is 3.38. The summed E-state index contributed by atoms with van der Waals surface area (Å²) >= 11 is 0. The van der Waals surface area contributed by atoms with Gasteiger partial charge in [-0.3, -0.25) is 4.57 Å². The van der Waals surface area contributed by atoms with E-state index in [1.165, 1.54) is 27.7 Å². The summed E-state index contributed by atoms with van der Waals surface area (Å²) in [6, 6.07) is 20.3. The van der Waals surface area contributed by atoms with Gasteiger partial charge in [0.25, 0.3) is 0 Å². The van der Waals surface area contributed by atoms with Gasteiger partial charge < -0.3 is 4.90 Å². The van der Waals surface area contributed by atoms with Gasteiger partial charge in [-0.1, -0.05) is 29.8 Å². The van der Waals surface area contributed by atoms with E-state index < -0.39 is 0 Å². The first-order chi connectivity index (χ1) is 11.2. The maximum Gasteiger partial charge on any atom is 0.0618 e. The number of benzene rings is 2. The molecule has 2 heteroatoms. The van der Waals surface area contributed by atoms with Gasteiger partial charge in [-0.25, -0.2) is 0 Å². The Labute approximate surface area is 137 Å². The quantitative estimate of drug-likeness (QED) is 0.573. The van der Waals surface area contributed by atoms with Gasteiger partial charge in [-0.05, 0) is 49.7 Å². The Bertz CT molecular complexity index is 923. The lowest BCUT2D eigenvalue weighted by atomic mass is 10.0. The van der Waals surface area contributed by atoms with Gasteiger partial charge in [0.1, 0.15) is 0 Å². The molecule has 0 spiro atoms. The second kappa shape index (κ2) is 5.61. The van der Waals surface area contributed by atoms with Crippen molar-refractivity contribution in [3.8, 4) is 12.0 Å². The van der Waals surface area contributed by atoms with Crippen molar-refractivity contribution in [2.24, 2.45) is 0 Å². The highest BCUT2D eigenvalue weighted by Gasteiger charge is 2.21. The number of nitrogens with zero attached hydrogens (tertiary/aromatic N) is 2. The first-order valence-corrected chi connectivity index (χ1v) is 8.11. The number of hydrogen-bond donors (Lipinski definition) is 0. The average molecular weight is 300 g/mol. The molecule has 23 heavy (non-hydrogen) atoms. The van der Waals surface area contributed by atoms with Crippen LogP contribution in [-0.2, 0) is 13.0 Å². The van der Waals surface area contributed by atoms with Crippen molar-refractivity contribution in [1.82, 2.24) is 9.47 Å². The van der Waals surface area contributed by atoms with Crippen molar-refractivity contribution in [2.45, 2.75) is 19.9 Å². The summed E-state index contributed by atoms with van der Waals surface area (Å²) in [5.41, 5.74) is 6.43. The van der Waals surface area contributed by atoms with Crippen LogP contribution in [0.3, 0.4) is 0 Å². The molecular weight excluding hydrogens is 280 g/mol. The fourth-order valence-corrected chi connectivity index (χ4v) is 3.38. The number of likely N-dealkylation sites (N-methyl/N-ethyl adjacent to an activating group) is 1.